The second-order valence-corrected chi connectivity index (χ2v) is 12.4. The van der Waals surface area contributed by atoms with E-state index in [1.807, 2.05) is 0 Å². The monoisotopic (exact) mass is 732 g/mol. The Morgan fingerprint density at radius 1 is 0.750 bits per heavy atom. The van der Waals surface area contributed by atoms with Crippen molar-refractivity contribution in [3.63, 3.8) is 0 Å². The third kappa shape index (κ3) is 8.13. The summed E-state index contributed by atoms with van der Waals surface area (Å²) in [5.41, 5.74) is 12.0. The molecular formula is C32H28N8O11S. The van der Waals surface area contributed by atoms with E-state index >= 15 is 0 Å². The molecule has 0 radical (unpaired) electrons. The molecule has 0 amide bonds. The van der Waals surface area contributed by atoms with Crippen molar-refractivity contribution in [2.24, 2.45) is 30.7 Å². The Kier molecular flexibility index (Phi) is 10.8. The van der Waals surface area contributed by atoms with E-state index in [-0.39, 0.29) is 69.4 Å². The lowest BCUT2D eigenvalue weighted by Crippen LogP contribution is -2.02. The minimum absolute atomic E-state index is 0.0199. The highest BCUT2D eigenvalue weighted by Crippen LogP contribution is 2.47. The van der Waals surface area contributed by atoms with Gasteiger partial charge in [-0.25, -0.2) is 14.6 Å². The highest BCUT2D eigenvalue weighted by molar-refractivity contribution is 7.86. The summed E-state index contributed by atoms with van der Waals surface area (Å²) in [5.74, 6) is -2.24. The van der Waals surface area contributed by atoms with Gasteiger partial charge in [-0.1, -0.05) is 6.07 Å². The van der Waals surface area contributed by atoms with Crippen LogP contribution in [0.15, 0.2) is 102 Å². The molecule has 0 aliphatic carbocycles. The minimum Gasteiger partial charge on any atom is -0.506 e. The lowest BCUT2D eigenvalue weighted by atomic mass is 10.0. The Bertz CT molecular complexity index is 2390. The van der Waals surface area contributed by atoms with Crippen LogP contribution in [0.3, 0.4) is 0 Å². The quantitative estimate of drug-likeness (QED) is 0.0199. The zero-order chi connectivity index (χ0) is 37.7. The van der Waals surface area contributed by atoms with Crippen LogP contribution in [0.25, 0.3) is 10.8 Å². The highest BCUT2D eigenvalue weighted by Gasteiger charge is 2.24. The predicted octanol–water partition coefficient (Wildman–Crippen LogP) is 7.89. The number of hydrogen-bond acceptors (Lipinski definition) is 17. The van der Waals surface area contributed by atoms with Crippen LogP contribution < -0.4 is 11.5 Å². The first kappa shape index (κ1) is 36.9. The number of phenols is 2. The van der Waals surface area contributed by atoms with Crippen LogP contribution in [0.2, 0.25) is 0 Å². The molecule has 5 aromatic carbocycles. The number of carbonyl (C=O) groups is 1. The fourth-order valence-corrected chi connectivity index (χ4v) is 5.68. The summed E-state index contributed by atoms with van der Waals surface area (Å²) in [6, 6.07) is 14.7. The summed E-state index contributed by atoms with van der Waals surface area (Å²) in [5, 5.41) is 72.7. The van der Waals surface area contributed by atoms with Gasteiger partial charge in [0.15, 0.2) is 5.75 Å². The number of aromatic carboxylic acids is 1. The zero-order valence-corrected chi connectivity index (χ0v) is 27.6. The molecule has 0 saturated heterocycles. The van der Waals surface area contributed by atoms with E-state index < -0.39 is 38.1 Å². The maximum absolute atomic E-state index is 12.5. The Balaban J connectivity index is 1.57. The molecule has 0 spiro atoms. The number of aryl methyl sites for hydroxylation is 1. The van der Waals surface area contributed by atoms with Gasteiger partial charge in [0.25, 0.3) is 10.1 Å². The van der Waals surface area contributed by atoms with Crippen molar-refractivity contribution >= 4 is 72.4 Å². The average Bonchev–Trinajstić information content (AvgIpc) is 3.07. The van der Waals surface area contributed by atoms with Gasteiger partial charge in [-0.3, -0.25) is 15.1 Å². The largest absolute Gasteiger partial charge is 0.506 e. The second-order valence-electron chi connectivity index (χ2n) is 11.0. The first-order chi connectivity index (χ1) is 24.7. The van der Waals surface area contributed by atoms with E-state index in [9.17, 15) is 33.1 Å². The fourth-order valence-electron chi connectivity index (χ4n) is 5.01. The molecule has 0 heterocycles. The molecule has 268 valence electrons. The van der Waals surface area contributed by atoms with Crippen molar-refractivity contribution in [3.05, 3.63) is 89.0 Å². The number of phenolic OH excluding ortho intramolecular Hbond substituents is 2. The van der Waals surface area contributed by atoms with Crippen LogP contribution in [0, 0.1) is 6.92 Å². The topological polar surface area (TPSA) is 317 Å². The van der Waals surface area contributed by atoms with Gasteiger partial charge in [0, 0.05) is 11.8 Å². The van der Waals surface area contributed by atoms with Crippen molar-refractivity contribution in [2.45, 2.75) is 25.0 Å². The number of carboxylic acids is 1. The number of hydrogen-bond donors (Lipinski definition) is 8. The van der Waals surface area contributed by atoms with E-state index in [1.165, 1.54) is 48.5 Å². The van der Waals surface area contributed by atoms with Crippen molar-refractivity contribution < 1.29 is 53.4 Å². The van der Waals surface area contributed by atoms with E-state index in [4.69, 9.17) is 22.0 Å². The SMILES string of the molecule is Cc1cc2cc(S(=O)(=O)O)c(N=Nc3ccc(N=Nc4ccc(N)cc4O)c(C(=O)O)c3)c(N)c2c(O)c1N=Nc1cc(COO)cc(COO)c1. The molecule has 10 N–H and O–H groups in total. The molecule has 20 heteroatoms. The summed E-state index contributed by atoms with van der Waals surface area (Å²) in [6.07, 6.45) is 0. The number of nitrogens with zero attached hydrogens (tertiary/aromatic N) is 6. The number of nitrogen functional groups attached to an aromatic ring is 2. The van der Waals surface area contributed by atoms with Gasteiger partial charge < -0.3 is 26.8 Å². The van der Waals surface area contributed by atoms with Crippen molar-refractivity contribution in [2.75, 3.05) is 11.5 Å². The number of anilines is 2. The van der Waals surface area contributed by atoms with Gasteiger partial charge in [0.2, 0.25) is 0 Å². The number of carboxylic acid groups (broad SMARTS) is 1. The molecule has 0 unspecified atom stereocenters. The van der Waals surface area contributed by atoms with Crippen molar-refractivity contribution in [3.8, 4) is 11.5 Å². The molecule has 0 saturated carbocycles. The molecule has 0 bridgehead atoms. The first-order valence-electron chi connectivity index (χ1n) is 14.6. The van der Waals surface area contributed by atoms with Crippen LogP contribution in [-0.2, 0) is 33.1 Å². The normalized spacial score (nSPS) is 12.2. The third-order valence-electron chi connectivity index (χ3n) is 7.32. The molecule has 0 aromatic heterocycles. The average molecular weight is 733 g/mol. The van der Waals surface area contributed by atoms with E-state index in [0.29, 0.717) is 16.7 Å². The van der Waals surface area contributed by atoms with Crippen molar-refractivity contribution in [1.29, 1.82) is 0 Å². The summed E-state index contributed by atoms with van der Waals surface area (Å²) in [6.45, 7) is 1.12. The molecule has 5 rings (SSSR count). The van der Waals surface area contributed by atoms with E-state index in [2.05, 4.69) is 40.5 Å². The van der Waals surface area contributed by atoms with E-state index in [1.54, 1.807) is 13.0 Å². The first-order valence-corrected chi connectivity index (χ1v) is 16.1. The maximum atomic E-state index is 12.5. The smallest absolute Gasteiger partial charge is 0.338 e. The molecule has 0 aliphatic heterocycles. The van der Waals surface area contributed by atoms with Crippen LogP contribution in [-0.4, -0.2) is 44.8 Å². The predicted molar refractivity (Wildman–Crippen MR) is 184 cm³/mol. The number of aromatic hydroxyl groups is 2. The number of benzene rings is 5. The van der Waals surface area contributed by atoms with Gasteiger partial charge in [-0.05, 0) is 83.6 Å². The lowest BCUT2D eigenvalue weighted by molar-refractivity contribution is -0.254. The Morgan fingerprint density at radius 3 is 1.98 bits per heavy atom. The minimum atomic E-state index is -4.98. The molecule has 19 nitrogen and oxygen atoms in total. The Morgan fingerprint density at radius 2 is 1.37 bits per heavy atom. The summed E-state index contributed by atoms with van der Waals surface area (Å²) < 4.78 is 35.0. The van der Waals surface area contributed by atoms with Gasteiger partial charge >= 0.3 is 5.97 Å². The summed E-state index contributed by atoms with van der Waals surface area (Å²) in [7, 11) is -4.98. The number of azo groups is 3. The van der Waals surface area contributed by atoms with Crippen LogP contribution in [0.5, 0.6) is 11.5 Å². The Labute approximate surface area is 293 Å². The molecule has 0 aliphatic rings. The lowest BCUT2D eigenvalue weighted by Gasteiger charge is -2.13. The van der Waals surface area contributed by atoms with Crippen LogP contribution in [0.1, 0.15) is 27.0 Å². The van der Waals surface area contributed by atoms with E-state index in [0.717, 1.165) is 12.1 Å². The molecule has 52 heavy (non-hydrogen) atoms. The van der Waals surface area contributed by atoms with Crippen LogP contribution in [0.4, 0.5) is 45.5 Å². The highest BCUT2D eigenvalue weighted by atomic mass is 32.2. The fraction of sp³-hybridized carbons (Fsp3) is 0.0938. The van der Waals surface area contributed by atoms with Gasteiger partial charge in [-0.15, -0.1) is 20.5 Å². The maximum Gasteiger partial charge on any atom is 0.338 e. The van der Waals surface area contributed by atoms with Gasteiger partial charge in [-0.2, -0.15) is 18.6 Å². The standard InChI is InChI=1S/C32H28N8O11S/c1-15-6-18-10-26(52(47,48)49)30(28(34)27(18)31(42)29(15)39-36-21-8-16(13-50-45)7-17(9-21)14-51-46)40-35-20-3-5-23(22(12-20)32(43)44)37-38-24-4-2-19(33)11-25(24)41/h2-12,41-42,45-46H,13-14,33-34H2,1H3,(H,43,44)(H,47,48,49). The number of fused-ring (bicyclic) bond motifs is 1. The molecule has 0 atom stereocenters. The second kappa shape index (κ2) is 15.2. The van der Waals surface area contributed by atoms with Gasteiger partial charge in [0.1, 0.15) is 46.6 Å². The molecular weight excluding hydrogens is 704 g/mol. The number of nitrogens with two attached hydrogens (primary N) is 2. The Hall–Kier alpha value is -6.42. The third-order valence-corrected chi connectivity index (χ3v) is 8.19. The zero-order valence-electron chi connectivity index (χ0n) is 26.7. The molecule has 5 aromatic rings. The van der Waals surface area contributed by atoms with Crippen molar-refractivity contribution in [1.82, 2.24) is 0 Å². The van der Waals surface area contributed by atoms with Gasteiger partial charge in [0.05, 0.1) is 28.0 Å². The summed E-state index contributed by atoms with van der Waals surface area (Å²) >= 11 is 0. The van der Waals surface area contributed by atoms with Crippen LogP contribution >= 0.6 is 0 Å². The number of rotatable bonds is 12. The molecule has 0 fully saturated rings. The summed E-state index contributed by atoms with van der Waals surface area (Å²) in [4.78, 5) is 19.6.